The third-order valence-electron chi connectivity index (χ3n) is 3.08. The molecule has 0 aliphatic carbocycles. The molecule has 1 amide bonds. The van der Waals surface area contributed by atoms with E-state index in [1.165, 1.54) is 6.07 Å². The lowest BCUT2D eigenvalue weighted by Gasteiger charge is -2.27. The molecule has 0 bridgehead atoms. The summed E-state index contributed by atoms with van der Waals surface area (Å²) in [4.78, 5) is 23.0. The van der Waals surface area contributed by atoms with Crippen molar-refractivity contribution >= 4 is 17.6 Å². The highest BCUT2D eigenvalue weighted by molar-refractivity contribution is 5.96. The molecule has 0 unspecified atom stereocenters. The van der Waals surface area contributed by atoms with Gasteiger partial charge in [-0.2, -0.15) is 13.2 Å². The van der Waals surface area contributed by atoms with Crippen LogP contribution in [0.4, 0.5) is 18.9 Å². The molecular weight excluding hydrogens is 303 g/mol. The molecule has 5 nitrogen and oxygen atoms in total. The van der Waals surface area contributed by atoms with Crippen molar-refractivity contribution in [1.82, 2.24) is 0 Å². The van der Waals surface area contributed by atoms with Gasteiger partial charge in [-0.05, 0) is 18.1 Å². The zero-order chi connectivity index (χ0) is 17.0. The largest absolute Gasteiger partial charge is 0.467 e. The van der Waals surface area contributed by atoms with Crippen LogP contribution in [0.2, 0.25) is 0 Å². The van der Waals surface area contributed by atoms with Gasteiger partial charge < -0.3 is 15.2 Å². The Morgan fingerprint density at radius 1 is 1.27 bits per heavy atom. The fourth-order valence-corrected chi connectivity index (χ4v) is 1.83. The minimum absolute atomic E-state index is 0.324. The quantitative estimate of drug-likeness (QED) is 0.815. The van der Waals surface area contributed by atoms with E-state index in [0.717, 1.165) is 0 Å². The monoisotopic (exact) mass is 319 g/mol. The van der Waals surface area contributed by atoms with Crippen LogP contribution in [0.1, 0.15) is 18.9 Å². The number of rotatable bonds is 5. The van der Waals surface area contributed by atoms with Crippen LogP contribution in [0.15, 0.2) is 24.3 Å². The minimum atomic E-state index is -5.33. The number of nitrogens with one attached hydrogen (secondary N) is 1. The Balaban J connectivity index is 2.96. The Morgan fingerprint density at radius 3 is 2.36 bits per heavy atom. The number of amides is 1. The highest BCUT2D eigenvalue weighted by Gasteiger charge is 2.61. The first-order chi connectivity index (χ1) is 10.2. The summed E-state index contributed by atoms with van der Waals surface area (Å²) in [6.07, 6.45) is -6.26. The number of para-hydroxylation sites is 1. The molecule has 0 fully saturated rings. The van der Waals surface area contributed by atoms with Crippen molar-refractivity contribution in [3.05, 3.63) is 29.8 Å². The topological polar surface area (TPSA) is 75.6 Å². The van der Waals surface area contributed by atoms with Gasteiger partial charge in [0.05, 0.1) is 13.5 Å². The van der Waals surface area contributed by atoms with E-state index in [1.54, 1.807) is 18.2 Å². The van der Waals surface area contributed by atoms with Crippen LogP contribution in [0, 0.1) is 0 Å². The van der Waals surface area contributed by atoms with Gasteiger partial charge >= 0.3 is 12.1 Å². The fraction of sp³-hybridized carbons (Fsp3) is 0.429. The SMILES string of the molecule is CCc1ccccc1NC(=O)C[C@](O)(C(=O)OC)C(F)(F)F. The van der Waals surface area contributed by atoms with Gasteiger partial charge in [0.15, 0.2) is 0 Å². The first-order valence-electron chi connectivity index (χ1n) is 6.41. The van der Waals surface area contributed by atoms with Crippen molar-refractivity contribution in [3.63, 3.8) is 0 Å². The Kier molecular flexibility index (Phi) is 5.54. The maximum absolute atomic E-state index is 12.9. The maximum Gasteiger partial charge on any atom is 0.428 e. The molecule has 0 aliphatic heterocycles. The van der Waals surface area contributed by atoms with Crippen LogP contribution in [0.25, 0.3) is 0 Å². The van der Waals surface area contributed by atoms with Crippen LogP contribution in [0.3, 0.4) is 0 Å². The normalized spacial score (nSPS) is 14.1. The number of ether oxygens (including phenoxy) is 1. The molecule has 1 rings (SSSR count). The number of methoxy groups -OCH3 is 1. The first kappa shape index (κ1) is 18.0. The van der Waals surface area contributed by atoms with Crippen LogP contribution >= 0.6 is 0 Å². The van der Waals surface area contributed by atoms with Crippen molar-refractivity contribution in [1.29, 1.82) is 0 Å². The number of carbonyl (C=O) groups excluding carboxylic acids is 2. The molecule has 122 valence electrons. The van der Waals surface area contributed by atoms with Gasteiger partial charge in [-0.25, -0.2) is 4.79 Å². The maximum atomic E-state index is 12.9. The number of benzene rings is 1. The van der Waals surface area contributed by atoms with Crippen LogP contribution < -0.4 is 5.32 Å². The highest BCUT2D eigenvalue weighted by atomic mass is 19.4. The van der Waals surface area contributed by atoms with Gasteiger partial charge in [-0.15, -0.1) is 0 Å². The van der Waals surface area contributed by atoms with Crippen LogP contribution in [0.5, 0.6) is 0 Å². The average Bonchev–Trinajstić information content (AvgIpc) is 2.45. The summed E-state index contributed by atoms with van der Waals surface area (Å²) in [5.74, 6) is -3.08. The van der Waals surface area contributed by atoms with E-state index in [-0.39, 0.29) is 0 Å². The molecule has 0 heterocycles. The summed E-state index contributed by atoms with van der Waals surface area (Å²) in [5, 5.41) is 11.8. The predicted molar refractivity (Wildman–Crippen MR) is 72.1 cm³/mol. The molecular formula is C14H16F3NO4. The number of anilines is 1. The van der Waals surface area contributed by atoms with Crippen molar-refractivity contribution in [2.75, 3.05) is 12.4 Å². The van der Waals surface area contributed by atoms with E-state index in [9.17, 15) is 27.9 Å². The molecule has 1 aromatic rings. The van der Waals surface area contributed by atoms with Crippen molar-refractivity contribution in [2.45, 2.75) is 31.5 Å². The minimum Gasteiger partial charge on any atom is -0.467 e. The van der Waals surface area contributed by atoms with Gasteiger partial charge in [0, 0.05) is 5.69 Å². The number of alkyl halides is 3. The van der Waals surface area contributed by atoms with E-state index in [4.69, 9.17) is 0 Å². The van der Waals surface area contributed by atoms with E-state index in [1.807, 2.05) is 6.92 Å². The summed E-state index contributed by atoms with van der Waals surface area (Å²) < 4.78 is 42.5. The summed E-state index contributed by atoms with van der Waals surface area (Å²) in [5.41, 5.74) is -2.85. The standard InChI is InChI=1S/C14H16F3NO4/c1-3-9-6-4-5-7-10(9)18-11(19)8-13(21,12(20)22-2)14(15,16)17/h4-7,21H,3,8H2,1-2H3,(H,18,19)/t13-/m0/s1. The van der Waals surface area contributed by atoms with E-state index >= 15 is 0 Å². The first-order valence-corrected chi connectivity index (χ1v) is 6.41. The zero-order valence-electron chi connectivity index (χ0n) is 12.0. The second kappa shape index (κ2) is 6.78. The molecule has 0 saturated carbocycles. The lowest BCUT2D eigenvalue weighted by molar-refractivity contribution is -0.261. The second-order valence-electron chi connectivity index (χ2n) is 4.59. The predicted octanol–water partition coefficient (Wildman–Crippen LogP) is 2.04. The van der Waals surface area contributed by atoms with Crippen molar-refractivity contribution in [2.24, 2.45) is 0 Å². The third-order valence-corrected chi connectivity index (χ3v) is 3.08. The lowest BCUT2D eigenvalue weighted by Crippen LogP contribution is -2.54. The molecule has 1 aromatic carbocycles. The summed E-state index contributed by atoms with van der Waals surface area (Å²) in [6, 6.07) is 6.54. The Morgan fingerprint density at radius 2 is 1.86 bits per heavy atom. The summed E-state index contributed by atoms with van der Waals surface area (Å²) >= 11 is 0. The second-order valence-corrected chi connectivity index (χ2v) is 4.59. The van der Waals surface area contributed by atoms with Gasteiger partial charge in [-0.1, -0.05) is 25.1 Å². The molecule has 0 aliphatic rings. The van der Waals surface area contributed by atoms with Crippen molar-refractivity contribution in [3.8, 4) is 0 Å². The molecule has 22 heavy (non-hydrogen) atoms. The lowest BCUT2D eigenvalue weighted by atomic mass is 9.98. The number of hydrogen-bond acceptors (Lipinski definition) is 4. The average molecular weight is 319 g/mol. The Hall–Kier alpha value is -2.09. The van der Waals surface area contributed by atoms with Crippen LogP contribution in [-0.4, -0.2) is 35.9 Å². The molecule has 0 spiro atoms. The number of aliphatic hydroxyl groups is 1. The van der Waals surface area contributed by atoms with Gasteiger partial charge in [0.1, 0.15) is 0 Å². The van der Waals surface area contributed by atoms with Crippen molar-refractivity contribution < 1.29 is 32.6 Å². The van der Waals surface area contributed by atoms with E-state index in [2.05, 4.69) is 10.1 Å². The number of aryl methyl sites for hydroxylation is 1. The zero-order valence-corrected chi connectivity index (χ0v) is 12.0. The fourth-order valence-electron chi connectivity index (χ4n) is 1.83. The molecule has 8 heteroatoms. The number of esters is 1. The molecule has 0 radical (unpaired) electrons. The molecule has 0 saturated heterocycles. The molecule has 2 N–H and O–H groups in total. The van der Waals surface area contributed by atoms with Gasteiger partial charge in [0.2, 0.25) is 5.91 Å². The number of carbonyl (C=O) groups is 2. The summed E-state index contributed by atoms with van der Waals surface area (Å²) in [6.45, 7) is 1.81. The summed E-state index contributed by atoms with van der Waals surface area (Å²) in [7, 11) is 0.698. The van der Waals surface area contributed by atoms with Gasteiger partial charge in [-0.3, -0.25) is 4.79 Å². The molecule has 1 atom stereocenters. The highest BCUT2D eigenvalue weighted by Crippen LogP contribution is 2.34. The molecule has 0 aromatic heterocycles. The number of hydrogen-bond donors (Lipinski definition) is 2. The Bertz CT molecular complexity index is 559. The number of halogens is 3. The third kappa shape index (κ3) is 3.76. The van der Waals surface area contributed by atoms with E-state index in [0.29, 0.717) is 24.8 Å². The van der Waals surface area contributed by atoms with E-state index < -0.39 is 30.1 Å². The van der Waals surface area contributed by atoms with Gasteiger partial charge in [0.25, 0.3) is 5.60 Å². The Labute approximate surface area is 125 Å². The smallest absolute Gasteiger partial charge is 0.428 e. The van der Waals surface area contributed by atoms with Crippen LogP contribution in [-0.2, 0) is 20.7 Å².